The van der Waals surface area contributed by atoms with Gasteiger partial charge in [0.25, 0.3) is 11.8 Å². The van der Waals surface area contributed by atoms with E-state index in [1.165, 1.54) is 24.3 Å². The molecular weight excluding hydrogens is 399 g/mol. The standard InChI is InChI=1S/C24H19FN2O4/c25-19-5-2-16(3-6-19)24(29)27-10-9-17-11-15(1-7-20(17)27)13-26-23(28)18-4-8-21-22(12-18)31-14-30-21/h1-8,11-12H,9-10,13-14H2,(H,26,28). The summed E-state index contributed by atoms with van der Waals surface area (Å²) in [7, 11) is 0. The number of halogens is 1. The van der Waals surface area contributed by atoms with Crippen molar-refractivity contribution in [3.8, 4) is 11.5 Å². The number of amides is 2. The van der Waals surface area contributed by atoms with E-state index in [0.29, 0.717) is 35.7 Å². The Morgan fingerprint density at radius 2 is 1.71 bits per heavy atom. The monoisotopic (exact) mass is 418 g/mol. The molecule has 0 unspecified atom stereocenters. The summed E-state index contributed by atoms with van der Waals surface area (Å²) in [6.07, 6.45) is 0.728. The number of hydrogen-bond acceptors (Lipinski definition) is 4. The lowest BCUT2D eigenvalue weighted by Crippen LogP contribution is -2.28. The molecule has 2 amide bonds. The fourth-order valence-electron chi connectivity index (χ4n) is 3.85. The van der Waals surface area contributed by atoms with Gasteiger partial charge in [0.1, 0.15) is 5.82 Å². The topological polar surface area (TPSA) is 67.9 Å². The maximum atomic E-state index is 13.1. The number of hydrogen-bond donors (Lipinski definition) is 1. The van der Waals surface area contributed by atoms with Crippen molar-refractivity contribution < 1.29 is 23.5 Å². The molecule has 0 aromatic heterocycles. The van der Waals surface area contributed by atoms with Crippen LogP contribution in [0.5, 0.6) is 11.5 Å². The van der Waals surface area contributed by atoms with Crippen LogP contribution in [0, 0.1) is 5.82 Å². The number of fused-ring (bicyclic) bond motifs is 2. The Morgan fingerprint density at radius 3 is 2.55 bits per heavy atom. The Balaban J connectivity index is 1.26. The quantitative estimate of drug-likeness (QED) is 0.702. The second-order valence-corrected chi connectivity index (χ2v) is 7.43. The van der Waals surface area contributed by atoms with Crippen LogP contribution < -0.4 is 19.7 Å². The molecule has 3 aromatic rings. The normalized spacial score (nSPS) is 13.8. The molecule has 7 heteroatoms. The number of nitrogens with zero attached hydrogens (tertiary/aromatic N) is 1. The van der Waals surface area contributed by atoms with Crippen molar-refractivity contribution in [2.75, 3.05) is 18.2 Å². The van der Waals surface area contributed by atoms with Gasteiger partial charge in [-0.15, -0.1) is 0 Å². The first-order valence-electron chi connectivity index (χ1n) is 9.95. The molecule has 0 aliphatic carbocycles. The van der Waals surface area contributed by atoms with Crippen molar-refractivity contribution in [1.82, 2.24) is 5.32 Å². The van der Waals surface area contributed by atoms with E-state index >= 15 is 0 Å². The van der Waals surface area contributed by atoms with Crippen LogP contribution in [-0.2, 0) is 13.0 Å². The van der Waals surface area contributed by atoms with Crippen molar-refractivity contribution >= 4 is 17.5 Å². The largest absolute Gasteiger partial charge is 0.454 e. The number of anilines is 1. The number of ether oxygens (including phenoxy) is 2. The summed E-state index contributed by atoms with van der Waals surface area (Å²) in [5, 5.41) is 2.91. The zero-order chi connectivity index (χ0) is 21.4. The summed E-state index contributed by atoms with van der Waals surface area (Å²) < 4.78 is 23.7. The predicted molar refractivity (Wildman–Crippen MR) is 112 cm³/mol. The van der Waals surface area contributed by atoms with Gasteiger partial charge in [-0.1, -0.05) is 12.1 Å². The number of carbonyl (C=O) groups is 2. The Bertz CT molecular complexity index is 1180. The molecule has 3 aromatic carbocycles. The Hall–Kier alpha value is -3.87. The molecule has 0 fully saturated rings. The van der Waals surface area contributed by atoms with Crippen LogP contribution in [-0.4, -0.2) is 25.2 Å². The van der Waals surface area contributed by atoms with Crippen LogP contribution in [0.4, 0.5) is 10.1 Å². The van der Waals surface area contributed by atoms with Crippen LogP contribution >= 0.6 is 0 Å². The number of nitrogens with one attached hydrogen (secondary N) is 1. The first-order chi connectivity index (χ1) is 15.1. The van der Waals surface area contributed by atoms with Gasteiger partial charge in [-0.05, 0) is 66.1 Å². The minimum absolute atomic E-state index is 0.150. The Kier molecular flexibility index (Phi) is 4.78. The van der Waals surface area contributed by atoms with Gasteiger partial charge in [0.2, 0.25) is 6.79 Å². The average molecular weight is 418 g/mol. The minimum Gasteiger partial charge on any atom is -0.454 e. The van der Waals surface area contributed by atoms with E-state index in [-0.39, 0.29) is 24.4 Å². The van der Waals surface area contributed by atoms with Crippen molar-refractivity contribution in [2.45, 2.75) is 13.0 Å². The van der Waals surface area contributed by atoms with Gasteiger partial charge in [0.05, 0.1) is 0 Å². The molecule has 6 nitrogen and oxygen atoms in total. The molecule has 31 heavy (non-hydrogen) atoms. The lowest BCUT2D eigenvalue weighted by atomic mass is 10.1. The molecule has 0 saturated heterocycles. The maximum absolute atomic E-state index is 13.1. The molecule has 2 aliphatic rings. The zero-order valence-electron chi connectivity index (χ0n) is 16.6. The molecule has 5 rings (SSSR count). The zero-order valence-corrected chi connectivity index (χ0v) is 16.6. The third-order valence-corrected chi connectivity index (χ3v) is 5.46. The van der Waals surface area contributed by atoms with Crippen LogP contribution in [0.1, 0.15) is 31.8 Å². The van der Waals surface area contributed by atoms with E-state index in [0.717, 1.165) is 23.2 Å². The molecule has 0 bridgehead atoms. The van der Waals surface area contributed by atoms with Crippen molar-refractivity contribution in [3.63, 3.8) is 0 Å². The molecule has 2 heterocycles. The third-order valence-electron chi connectivity index (χ3n) is 5.46. The van der Waals surface area contributed by atoms with Gasteiger partial charge >= 0.3 is 0 Å². The first kappa shape index (κ1) is 19.1. The van der Waals surface area contributed by atoms with Crippen molar-refractivity contribution in [2.24, 2.45) is 0 Å². The maximum Gasteiger partial charge on any atom is 0.258 e. The smallest absolute Gasteiger partial charge is 0.258 e. The highest BCUT2D eigenvalue weighted by Gasteiger charge is 2.26. The molecular formula is C24H19FN2O4. The third kappa shape index (κ3) is 3.70. The number of benzene rings is 3. The van der Waals surface area contributed by atoms with Crippen LogP contribution in [0.15, 0.2) is 60.7 Å². The SMILES string of the molecule is O=C(NCc1ccc2c(c1)CCN2C(=O)c1ccc(F)cc1)c1ccc2c(c1)OCO2. The van der Waals surface area contributed by atoms with Gasteiger partial charge in [-0.2, -0.15) is 0 Å². The molecule has 1 N–H and O–H groups in total. The van der Waals surface area contributed by atoms with Crippen LogP contribution in [0.3, 0.4) is 0 Å². The molecule has 156 valence electrons. The molecule has 0 saturated carbocycles. The Morgan fingerprint density at radius 1 is 0.935 bits per heavy atom. The van der Waals surface area contributed by atoms with Gasteiger partial charge < -0.3 is 19.7 Å². The van der Waals surface area contributed by atoms with Crippen LogP contribution in [0.2, 0.25) is 0 Å². The fourth-order valence-corrected chi connectivity index (χ4v) is 3.85. The molecule has 0 atom stereocenters. The highest BCUT2D eigenvalue weighted by atomic mass is 19.1. The van der Waals surface area contributed by atoms with E-state index in [9.17, 15) is 14.0 Å². The fraction of sp³-hybridized carbons (Fsp3) is 0.167. The second-order valence-electron chi connectivity index (χ2n) is 7.43. The van der Waals surface area contributed by atoms with E-state index in [1.807, 2.05) is 18.2 Å². The van der Waals surface area contributed by atoms with Crippen molar-refractivity contribution in [3.05, 3.63) is 88.7 Å². The van der Waals surface area contributed by atoms with Gasteiger partial charge in [-0.3, -0.25) is 9.59 Å². The van der Waals surface area contributed by atoms with E-state index in [2.05, 4.69) is 5.32 Å². The summed E-state index contributed by atoms with van der Waals surface area (Å²) in [5.41, 5.74) is 3.80. The molecule has 2 aliphatic heterocycles. The first-order valence-corrected chi connectivity index (χ1v) is 9.95. The van der Waals surface area contributed by atoms with Gasteiger partial charge in [0.15, 0.2) is 11.5 Å². The van der Waals surface area contributed by atoms with Gasteiger partial charge in [0, 0.05) is 29.9 Å². The highest BCUT2D eigenvalue weighted by molar-refractivity contribution is 6.07. The van der Waals surface area contributed by atoms with Crippen molar-refractivity contribution in [1.29, 1.82) is 0 Å². The number of carbonyl (C=O) groups excluding carboxylic acids is 2. The van der Waals surface area contributed by atoms with E-state index in [1.54, 1.807) is 23.1 Å². The minimum atomic E-state index is -0.370. The summed E-state index contributed by atoms with van der Waals surface area (Å²) in [6, 6.07) is 16.5. The van der Waals surface area contributed by atoms with Gasteiger partial charge in [-0.25, -0.2) is 4.39 Å². The summed E-state index contributed by atoms with van der Waals surface area (Å²) in [5.74, 6) is 0.478. The lowest BCUT2D eigenvalue weighted by molar-refractivity contribution is 0.0949. The molecule has 0 radical (unpaired) electrons. The lowest BCUT2D eigenvalue weighted by Gasteiger charge is -2.18. The van der Waals surface area contributed by atoms with E-state index < -0.39 is 0 Å². The van der Waals surface area contributed by atoms with E-state index in [4.69, 9.17) is 9.47 Å². The summed E-state index contributed by atoms with van der Waals surface area (Å²) in [4.78, 5) is 27.0. The predicted octanol–water partition coefficient (Wildman–Crippen LogP) is 3.69. The Labute approximate surface area is 178 Å². The average Bonchev–Trinajstić information content (AvgIpc) is 3.43. The molecule has 0 spiro atoms. The summed E-state index contributed by atoms with van der Waals surface area (Å²) >= 11 is 0. The summed E-state index contributed by atoms with van der Waals surface area (Å²) in [6.45, 7) is 1.10. The number of rotatable bonds is 4. The highest BCUT2D eigenvalue weighted by Crippen LogP contribution is 2.33. The second kappa shape index (κ2) is 7.75. The van der Waals surface area contributed by atoms with Crippen LogP contribution in [0.25, 0.3) is 0 Å².